The van der Waals surface area contributed by atoms with Crippen molar-refractivity contribution in [2.24, 2.45) is 0 Å². The predicted molar refractivity (Wildman–Crippen MR) is 106 cm³/mol. The molecule has 0 saturated carbocycles. The number of phenolic OH excluding ortho intramolecular Hbond substituents is 4. The van der Waals surface area contributed by atoms with Crippen LogP contribution in [0.5, 0.6) is 34.5 Å². The van der Waals surface area contributed by atoms with Gasteiger partial charge >= 0.3 is 5.63 Å². The van der Waals surface area contributed by atoms with Crippen molar-refractivity contribution in [2.45, 2.75) is 19.1 Å². The smallest absolute Gasteiger partial charge is 0.344 e. The summed E-state index contributed by atoms with van der Waals surface area (Å²) in [6, 6.07) is 3.92. The molecule has 2 aromatic carbocycles. The fourth-order valence-electron chi connectivity index (χ4n) is 3.78. The minimum Gasteiger partial charge on any atom is -0.508 e. The normalized spacial score (nSPS) is 18.1. The van der Waals surface area contributed by atoms with Gasteiger partial charge in [-0.1, -0.05) is 0 Å². The molecule has 166 valence electrons. The molecule has 0 amide bonds. The van der Waals surface area contributed by atoms with Crippen LogP contribution >= 0.6 is 0 Å². The number of aliphatic hydroxyl groups excluding tert-OH is 1. The molecule has 11 nitrogen and oxygen atoms in total. The Bertz CT molecular complexity index is 1350. The Balaban J connectivity index is 1.95. The molecule has 0 fully saturated rings. The van der Waals surface area contributed by atoms with E-state index in [0.717, 1.165) is 24.3 Å². The zero-order valence-electron chi connectivity index (χ0n) is 16.3. The molecule has 0 bridgehead atoms. The van der Waals surface area contributed by atoms with Crippen molar-refractivity contribution in [3.63, 3.8) is 0 Å². The molecule has 1 aliphatic heterocycles. The molecule has 6 N–H and O–H groups in total. The molecular weight excluding hydrogens is 428 g/mol. The second-order valence-electron chi connectivity index (χ2n) is 7.04. The number of ether oxygens (including phenoxy) is 2. The molecule has 1 aromatic heterocycles. The van der Waals surface area contributed by atoms with Gasteiger partial charge in [-0.05, 0) is 12.5 Å². The van der Waals surface area contributed by atoms with Gasteiger partial charge in [0.05, 0.1) is 11.5 Å². The number of aliphatic hydroxyl groups is 1. The number of fused-ring (bicyclic) bond motifs is 1. The number of hydrogen-bond donors (Lipinski definition) is 6. The summed E-state index contributed by atoms with van der Waals surface area (Å²) in [5, 5.41) is 60.7. The molecule has 0 saturated heterocycles. The molecule has 1 aliphatic rings. The van der Waals surface area contributed by atoms with E-state index < -0.39 is 52.1 Å². The quantitative estimate of drug-likeness (QED) is 0.254. The van der Waals surface area contributed by atoms with Crippen LogP contribution in [0.1, 0.15) is 24.0 Å². The molecule has 0 aliphatic carbocycles. The molecule has 0 spiro atoms. The monoisotopic (exact) mass is 444 g/mol. The van der Waals surface area contributed by atoms with E-state index in [9.17, 15) is 40.2 Å². The Labute approximate surface area is 178 Å². The Morgan fingerprint density at radius 2 is 1.66 bits per heavy atom. The first-order valence-electron chi connectivity index (χ1n) is 9.07. The Kier molecular flexibility index (Phi) is 4.82. The highest BCUT2D eigenvalue weighted by Crippen LogP contribution is 2.50. The van der Waals surface area contributed by atoms with Crippen LogP contribution in [0, 0.1) is 0 Å². The highest BCUT2D eigenvalue weighted by Gasteiger charge is 2.41. The minimum atomic E-state index is -1.74. The Morgan fingerprint density at radius 1 is 1.00 bits per heavy atom. The summed E-state index contributed by atoms with van der Waals surface area (Å²) < 4.78 is 15.3. The van der Waals surface area contributed by atoms with Crippen LogP contribution in [0.25, 0.3) is 16.7 Å². The first kappa shape index (κ1) is 20.9. The standard InChI is InChI=1S/C21H16O11/c1-7-14(17-18(27)15-10(25)2-9(24)5-13(15)31-21(17)29)20(28)32-19(7)16-11(26)3-8(23)4-12(16)30-6-22/h2-6,14,20,23-28H,1H3. The lowest BCUT2D eigenvalue weighted by atomic mass is 9.90. The third kappa shape index (κ3) is 3.11. The lowest BCUT2D eigenvalue weighted by Crippen LogP contribution is -2.22. The number of aromatic hydroxyl groups is 5. The SMILES string of the molecule is CC1=C(c2c(O)cc(O)cc2OC=O)OC(O)C1c1c(O)c2c(O)cc(O)cc2oc1=O. The highest BCUT2D eigenvalue weighted by molar-refractivity contribution is 5.91. The summed E-state index contributed by atoms with van der Waals surface area (Å²) in [6.45, 7) is 1.48. The molecule has 0 radical (unpaired) electrons. The molecule has 3 aromatic rings. The molecule has 2 unspecified atom stereocenters. The van der Waals surface area contributed by atoms with E-state index >= 15 is 0 Å². The number of rotatable bonds is 4. The summed E-state index contributed by atoms with van der Waals surface area (Å²) in [4.78, 5) is 23.5. The minimum absolute atomic E-state index is 0.0540. The van der Waals surface area contributed by atoms with Crippen LogP contribution in [0.4, 0.5) is 0 Å². The van der Waals surface area contributed by atoms with E-state index in [-0.39, 0.29) is 40.1 Å². The van der Waals surface area contributed by atoms with Crippen molar-refractivity contribution in [2.75, 3.05) is 0 Å². The third-order valence-electron chi connectivity index (χ3n) is 5.11. The lowest BCUT2D eigenvalue weighted by Gasteiger charge is -2.16. The van der Waals surface area contributed by atoms with Crippen LogP contribution in [-0.4, -0.2) is 43.4 Å². The lowest BCUT2D eigenvalue weighted by molar-refractivity contribution is -0.120. The van der Waals surface area contributed by atoms with Gasteiger partial charge in [-0.25, -0.2) is 4.79 Å². The maximum Gasteiger partial charge on any atom is 0.344 e. The average molecular weight is 444 g/mol. The van der Waals surface area contributed by atoms with E-state index in [1.165, 1.54) is 6.92 Å². The number of carbonyl (C=O) groups is 1. The van der Waals surface area contributed by atoms with Crippen molar-refractivity contribution in [1.29, 1.82) is 0 Å². The summed E-state index contributed by atoms with van der Waals surface area (Å²) in [5.74, 6) is -4.42. The van der Waals surface area contributed by atoms with Gasteiger partial charge in [0.15, 0.2) is 0 Å². The van der Waals surface area contributed by atoms with E-state index in [0.29, 0.717) is 0 Å². The molecule has 4 rings (SSSR count). The Morgan fingerprint density at radius 3 is 2.34 bits per heavy atom. The predicted octanol–water partition coefficient (Wildman–Crippen LogP) is 1.72. The Hall–Kier alpha value is -4.38. The van der Waals surface area contributed by atoms with E-state index in [4.69, 9.17) is 13.9 Å². The van der Waals surface area contributed by atoms with E-state index in [1.807, 2.05) is 0 Å². The second kappa shape index (κ2) is 7.39. The van der Waals surface area contributed by atoms with Crippen molar-refractivity contribution < 1.29 is 49.3 Å². The van der Waals surface area contributed by atoms with Gasteiger partial charge < -0.3 is 44.5 Å². The summed E-state index contributed by atoms with van der Waals surface area (Å²) in [7, 11) is 0. The van der Waals surface area contributed by atoms with E-state index in [2.05, 4.69) is 0 Å². The highest BCUT2D eigenvalue weighted by atomic mass is 16.6. The van der Waals surface area contributed by atoms with Crippen LogP contribution in [0.2, 0.25) is 0 Å². The summed E-state index contributed by atoms with van der Waals surface area (Å²) in [6.07, 6.45) is -1.74. The molecule has 11 heteroatoms. The first-order valence-corrected chi connectivity index (χ1v) is 9.07. The zero-order valence-corrected chi connectivity index (χ0v) is 16.3. The number of hydrogen-bond acceptors (Lipinski definition) is 11. The van der Waals surface area contributed by atoms with Crippen LogP contribution in [0.15, 0.2) is 39.1 Å². The van der Waals surface area contributed by atoms with E-state index in [1.54, 1.807) is 0 Å². The number of phenols is 4. The summed E-state index contributed by atoms with van der Waals surface area (Å²) in [5.41, 5.74) is -1.87. The van der Waals surface area contributed by atoms with Gasteiger partial charge in [-0.2, -0.15) is 0 Å². The average Bonchev–Trinajstić information content (AvgIpc) is 2.95. The van der Waals surface area contributed by atoms with Gasteiger partial charge in [0, 0.05) is 24.3 Å². The molecule has 2 atom stereocenters. The summed E-state index contributed by atoms with van der Waals surface area (Å²) >= 11 is 0. The van der Waals surface area contributed by atoms with Crippen LogP contribution < -0.4 is 10.4 Å². The zero-order chi connectivity index (χ0) is 23.3. The maximum atomic E-state index is 12.6. The fourth-order valence-corrected chi connectivity index (χ4v) is 3.78. The third-order valence-corrected chi connectivity index (χ3v) is 5.11. The maximum absolute atomic E-state index is 12.6. The van der Waals surface area contributed by atoms with Crippen LogP contribution in [-0.2, 0) is 9.53 Å². The number of benzene rings is 2. The number of carbonyl (C=O) groups excluding carboxylic acids is 1. The molecular formula is C21H16O11. The second-order valence-corrected chi connectivity index (χ2v) is 7.04. The molecule has 32 heavy (non-hydrogen) atoms. The fraction of sp³-hybridized carbons (Fsp3) is 0.143. The van der Waals surface area contributed by atoms with Gasteiger partial charge in [-0.3, -0.25) is 4.79 Å². The van der Waals surface area contributed by atoms with Crippen molar-refractivity contribution >= 4 is 23.2 Å². The van der Waals surface area contributed by atoms with Gasteiger partial charge in [-0.15, -0.1) is 0 Å². The van der Waals surface area contributed by atoms with Crippen molar-refractivity contribution in [1.82, 2.24) is 0 Å². The largest absolute Gasteiger partial charge is 0.508 e. The van der Waals surface area contributed by atoms with Gasteiger partial charge in [0.25, 0.3) is 6.47 Å². The molecule has 2 heterocycles. The van der Waals surface area contributed by atoms with Gasteiger partial charge in [0.2, 0.25) is 6.29 Å². The van der Waals surface area contributed by atoms with Crippen molar-refractivity contribution in [3.8, 4) is 34.5 Å². The van der Waals surface area contributed by atoms with Crippen LogP contribution in [0.3, 0.4) is 0 Å². The van der Waals surface area contributed by atoms with Crippen molar-refractivity contribution in [3.05, 3.63) is 51.4 Å². The topological polar surface area (TPSA) is 187 Å². The van der Waals surface area contributed by atoms with Gasteiger partial charge in [0.1, 0.15) is 56.8 Å². The first-order chi connectivity index (χ1) is 15.1.